The lowest BCUT2D eigenvalue weighted by atomic mass is 10.3. The van der Waals surface area contributed by atoms with E-state index in [1.165, 1.54) is 0 Å². The first-order valence-corrected chi connectivity index (χ1v) is 6.99. The minimum absolute atomic E-state index is 0.123. The third kappa shape index (κ3) is 2.62. The Morgan fingerprint density at radius 3 is 2.95 bits per heavy atom. The van der Waals surface area contributed by atoms with Crippen LogP contribution in [0.2, 0.25) is 5.02 Å². The second-order valence-corrected chi connectivity index (χ2v) is 4.95. The molecule has 1 N–H and O–H groups in total. The van der Waals surface area contributed by atoms with Gasteiger partial charge < -0.3 is 9.88 Å². The van der Waals surface area contributed by atoms with Crippen molar-refractivity contribution in [3.05, 3.63) is 57.9 Å². The van der Waals surface area contributed by atoms with Gasteiger partial charge >= 0.3 is 0 Å². The van der Waals surface area contributed by atoms with Crippen LogP contribution in [0.25, 0.3) is 5.52 Å². The summed E-state index contributed by atoms with van der Waals surface area (Å²) in [7, 11) is 0. The molecular formula is C14H14ClN5O. The average molecular weight is 304 g/mol. The molecule has 21 heavy (non-hydrogen) atoms. The van der Waals surface area contributed by atoms with E-state index in [1.807, 2.05) is 13.0 Å². The Labute approximate surface area is 126 Å². The van der Waals surface area contributed by atoms with Crippen molar-refractivity contribution in [2.24, 2.45) is 0 Å². The van der Waals surface area contributed by atoms with Gasteiger partial charge in [-0.1, -0.05) is 11.6 Å². The van der Waals surface area contributed by atoms with Gasteiger partial charge in [0.2, 0.25) is 0 Å². The molecule has 0 saturated heterocycles. The molecule has 3 heterocycles. The van der Waals surface area contributed by atoms with Crippen LogP contribution < -0.4 is 10.9 Å². The van der Waals surface area contributed by atoms with Crippen molar-refractivity contribution in [2.75, 3.05) is 11.9 Å². The molecule has 3 aromatic rings. The number of pyridine rings is 1. The van der Waals surface area contributed by atoms with Gasteiger partial charge in [0.15, 0.2) is 0 Å². The lowest BCUT2D eigenvalue weighted by Crippen LogP contribution is -2.22. The summed E-state index contributed by atoms with van der Waals surface area (Å²) in [6.45, 7) is 3.09. The number of nitrogens with one attached hydrogen (secondary N) is 1. The standard InChI is InChI=1S/C14H14ClN5O/c1-2-16-13-4-3-10(15)11(18-13)9-19-7-8-20-12(14(19)21)5-6-17-20/h3-8H,2,9H2,1H3,(H,16,18). The van der Waals surface area contributed by atoms with E-state index < -0.39 is 0 Å². The minimum atomic E-state index is -0.123. The topological polar surface area (TPSA) is 64.2 Å². The van der Waals surface area contributed by atoms with E-state index in [4.69, 9.17) is 11.6 Å². The highest BCUT2D eigenvalue weighted by Gasteiger charge is 2.08. The van der Waals surface area contributed by atoms with Gasteiger partial charge in [0.1, 0.15) is 11.3 Å². The zero-order valence-electron chi connectivity index (χ0n) is 11.5. The number of fused-ring (bicyclic) bond motifs is 1. The lowest BCUT2D eigenvalue weighted by molar-refractivity contribution is 0.726. The molecule has 3 aromatic heterocycles. The van der Waals surface area contributed by atoms with Gasteiger partial charge in [-0.3, -0.25) is 4.79 Å². The fourth-order valence-electron chi connectivity index (χ4n) is 2.12. The van der Waals surface area contributed by atoms with Crippen LogP contribution >= 0.6 is 11.6 Å². The number of hydrogen-bond acceptors (Lipinski definition) is 4. The zero-order valence-corrected chi connectivity index (χ0v) is 12.2. The quantitative estimate of drug-likeness (QED) is 0.801. The van der Waals surface area contributed by atoms with E-state index in [1.54, 1.807) is 39.8 Å². The third-order valence-electron chi connectivity index (χ3n) is 3.13. The van der Waals surface area contributed by atoms with E-state index in [0.717, 1.165) is 12.4 Å². The molecule has 0 aliphatic rings. The Morgan fingerprint density at radius 2 is 2.14 bits per heavy atom. The highest BCUT2D eigenvalue weighted by Crippen LogP contribution is 2.17. The van der Waals surface area contributed by atoms with Crippen molar-refractivity contribution in [3.63, 3.8) is 0 Å². The summed E-state index contributed by atoms with van der Waals surface area (Å²) in [6.07, 6.45) is 5.01. The zero-order chi connectivity index (χ0) is 14.8. The fourth-order valence-corrected chi connectivity index (χ4v) is 2.29. The molecular weight excluding hydrogens is 290 g/mol. The summed E-state index contributed by atoms with van der Waals surface area (Å²) in [6, 6.07) is 5.28. The lowest BCUT2D eigenvalue weighted by Gasteiger charge is -2.09. The summed E-state index contributed by atoms with van der Waals surface area (Å²) >= 11 is 6.17. The van der Waals surface area contributed by atoms with Crippen molar-refractivity contribution in [3.8, 4) is 0 Å². The first-order valence-electron chi connectivity index (χ1n) is 6.61. The molecule has 0 fully saturated rings. The Hall–Kier alpha value is -2.34. The van der Waals surface area contributed by atoms with Crippen LogP contribution in [0, 0.1) is 0 Å². The van der Waals surface area contributed by atoms with Gasteiger partial charge in [0.05, 0.1) is 23.5 Å². The average Bonchev–Trinajstić information content (AvgIpc) is 2.95. The van der Waals surface area contributed by atoms with Crippen molar-refractivity contribution in [2.45, 2.75) is 13.5 Å². The Kier molecular flexibility index (Phi) is 3.62. The van der Waals surface area contributed by atoms with E-state index in [9.17, 15) is 4.79 Å². The molecule has 7 heteroatoms. The molecule has 0 unspecified atom stereocenters. The molecule has 0 aromatic carbocycles. The molecule has 0 saturated carbocycles. The molecule has 108 valence electrons. The van der Waals surface area contributed by atoms with Crippen LogP contribution in [0.5, 0.6) is 0 Å². The summed E-state index contributed by atoms with van der Waals surface area (Å²) < 4.78 is 3.11. The van der Waals surface area contributed by atoms with E-state index in [-0.39, 0.29) is 5.56 Å². The van der Waals surface area contributed by atoms with Crippen LogP contribution in [-0.2, 0) is 6.54 Å². The number of hydrogen-bond donors (Lipinski definition) is 1. The summed E-state index contributed by atoms with van der Waals surface area (Å²) in [5.41, 5.74) is 1.05. The van der Waals surface area contributed by atoms with Gasteiger partial charge in [-0.05, 0) is 25.1 Å². The molecule has 0 spiro atoms. The van der Waals surface area contributed by atoms with Gasteiger partial charge in [0, 0.05) is 18.9 Å². The van der Waals surface area contributed by atoms with E-state index >= 15 is 0 Å². The number of anilines is 1. The molecule has 0 aliphatic heterocycles. The first kappa shape index (κ1) is 13.6. The van der Waals surface area contributed by atoms with Crippen LogP contribution in [0.4, 0.5) is 5.82 Å². The van der Waals surface area contributed by atoms with Crippen LogP contribution in [0.15, 0.2) is 41.6 Å². The van der Waals surface area contributed by atoms with Gasteiger partial charge in [-0.2, -0.15) is 5.10 Å². The second-order valence-electron chi connectivity index (χ2n) is 4.55. The fraction of sp³-hybridized carbons (Fsp3) is 0.214. The largest absolute Gasteiger partial charge is 0.370 e. The van der Waals surface area contributed by atoms with Gasteiger partial charge in [0.25, 0.3) is 5.56 Å². The van der Waals surface area contributed by atoms with E-state index in [0.29, 0.717) is 22.8 Å². The highest BCUT2D eigenvalue weighted by molar-refractivity contribution is 6.31. The van der Waals surface area contributed by atoms with Crippen molar-refractivity contribution < 1.29 is 0 Å². The predicted molar refractivity (Wildman–Crippen MR) is 82.0 cm³/mol. The summed E-state index contributed by atoms with van der Waals surface area (Å²) in [4.78, 5) is 16.8. The maximum Gasteiger partial charge on any atom is 0.276 e. The van der Waals surface area contributed by atoms with Crippen LogP contribution in [0.1, 0.15) is 12.6 Å². The van der Waals surface area contributed by atoms with Gasteiger partial charge in [-0.15, -0.1) is 0 Å². The summed E-state index contributed by atoms with van der Waals surface area (Å²) in [5.74, 6) is 0.746. The number of halogens is 1. The maximum atomic E-state index is 12.3. The molecule has 0 atom stereocenters. The Morgan fingerprint density at radius 1 is 1.29 bits per heavy atom. The monoisotopic (exact) mass is 303 g/mol. The predicted octanol–water partition coefficient (Wildman–Crippen LogP) is 2.02. The molecule has 0 aliphatic carbocycles. The normalized spacial score (nSPS) is 11.0. The maximum absolute atomic E-state index is 12.3. The van der Waals surface area contributed by atoms with Crippen LogP contribution in [-0.4, -0.2) is 25.7 Å². The number of aromatic nitrogens is 4. The molecule has 0 bridgehead atoms. The molecule has 0 amide bonds. The first-order chi connectivity index (χ1) is 10.2. The summed E-state index contributed by atoms with van der Waals surface area (Å²) in [5, 5.41) is 7.70. The van der Waals surface area contributed by atoms with E-state index in [2.05, 4.69) is 15.4 Å². The number of rotatable bonds is 4. The van der Waals surface area contributed by atoms with Gasteiger partial charge in [-0.25, -0.2) is 9.50 Å². The highest BCUT2D eigenvalue weighted by atomic mass is 35.5. The third-order valence-corrected chi connectivity index (χ3v) is 3.48. The molecule has 6 nitrogen and oxygen atoms in total. The minimum Gasteiger partial charge on any atom is -0.370 e. The Balaban J connectivity index is 2.00. The van der Waals surface area contributed by atoms with Crippen molar-refractivity contribution >= 4 is 22.9 Å². The molecule has 0 radical (unpaired) electrons. The number of nitrogens with zero attached hydrogens (tertiary/aromatic N) is 4. The smallest absolute Gasteiger partial charge is 0.276 e. The SMILES string of the molecule is CCNc1ccc(Cl)c(Cn2ccn3nccc3c2=O)n1. The second kappa shape index (κ2) is 5.57. The molecule has 3 rings (SSSR count). The van der Waals surface area contributed by atoms with Crippen molar-refractivity contribution in [1.82, 2.24) is 19.2 Å². The van der Waals surface area contributed by atoms with Crippen molar-refractivity contribution in [1.29, 1.82) is 0 Å². The van der Waals surface area contributed by atoms with Crippen LogP contribution in [0.3, 0.4) is 0 Å². The Bertz CT molecular complexity index is 839.